The van der Waals surface area contributed by atoms with Crippen molar-refractivity contribution < 1.29 is 0 Å². The molecule has 0 atom stereocenters. The average molecular weight is 601 g/mol. The molecule has 2 heteroatoms. The van der Waals surface area contributed by atoms with Gasteiger partial charge in [0.2, 0.25) is 0 Å². The van der Waals surface area contributed by atoms with Crippen LogP contribution in [0.15, 0.2) is 164 Å². The minimum absolute atomic E-state index is 0.940. The van der Waals surface area contributed by atoms with Crippen LogP contribution in [0.2, 0.25) is 0 Å². The van der Waals surface area contributed by atoms with Crippen LogP contribution in [0.5, 0.6) is 0 Å². The van der Waals surface area contributed by atoms with E-state index in [-0.39, 0.29) is 0 Å². The van der Waals surface area contributed by atoms with Crippen molar-refractivity contribution in [2.24, 2.45) is 0 Å². The topological polar surface area (TPSA) is 24.1 Å². The Morgan fingerprint density at radius 1 is 0.800 bits per heavy atom. The zero-order valence-electron chi connectivity index (χ0n) is 28.7. The molecule has 0 amide bonds. The number of rotatable bonds is 15. The monoisotopic (exact) mass is 600 g/mol. The summed E-state index contributed by atoms with van der Waals surface area (Å²) >= 11 is 0. The Morgan fingerprint density at radius 3 is 2.16 bits per heavy atom. The molecule has 0 radical (unpaired) electrons. The molecule has 0 saturated heterocycles. The van der Waals surface area contributed by atoms with E-state index in [1.807, 2.05) is 64.1 Å². The normalized spacial score (nSPS) is 11.5. The van der Waals surface area contributed by atoms with Crippen LogP contribution in [-0.4, -0.2) is 0 Å². The third-order valence-corrected chi connectivity index (χ3v) is 6.57. The summed E-state index contributed by atoms with van der Waals surface area (Å²) in [5, 5.41) is 6.82. The standard InChI is InChI=1S/C21H31N.C20H19N.C2H6/c1-6-9-16-19(4)17-12-10-11-13-18-20(5)22-21(14-7-2)15-8-3;1-16-8-7-9-17(14-16)15-18-10-5-6-13-20(18)21-19-11-3-2-4-12-19;1-2/h6-11,14-16,22H,2,5,12-13,17-18H2,1,3-4H3;2-14,21H,15H2,1H3;1-2H3/b9-6-,11-10-,15-8-,19-16+,21-14+;;. The lowest BCUT2D eigenvalue weighted by Gasteiger charge is -2.12. The first-order chi connectivity index (χ1) is 21.9. The summed E-state index contributed by atoms with van der Waals surface area (Å²) in [6.07, 6.45) is 23.7. The number of anilines is 2. The van der Waals surface area contributed by atoms with Crippen molar-refractivity contribution in [2.75, 3.05) is 5.32 Å². The lowest BCUT2D eigenvalue weighted by Crippen LogP contribution is -2.09. The van der Waals surface area contributed by atoms with Gasteiger partial charge in [-0.25, -0.2) is 0 Å². The lowest BCUT2D eigenvalue weighted by atomic mass is 10.0. The lowest BCUT2D eigenvalue weighted by molar-refractivity contribution is 0.862. The summed E-state index contributed by atoms with van der Waals surface area (Å²) < 4.78 is 0. The van der Waals surface area contributed by atoms with Gasteiger partial charge in [-0.05, 0) is 101 Å². The zero-order valence-corrected chi connectivity index (χ0v) is 28.7. The summed E-state index contributed by atoms with van der Waals surface area (Å²) in [6, 6.07) is 27.5. The van der Waals surface area contributed by atoms with Gasteiger partial charge in [0.05, 0.1) is 0 Å². The van der Waals surface area contributed by atoms with Crippen LogP contribution in [0.25, 0.3) is 0 Å². The number of benzene rings is 3. The van der Waals surface area contributed by atoms with Crippen LogP contribution in [-0.2, 0) is 6.42 Å². The molecule has 3 aromatic rings. The number of aryl methyl sites for hydroxylation is 1. The molecule has 0 unspecified atom stereocenters. The van der Waals surface area contributed by atoms with E-state index in [0.717, 1.165) is 49.2 Å². The number of allylic oxidation sites excluding steroid dienone is 11. The van der Waals surface area contributed by atoms with E-state index in [4.69, 9.17) is 0 Å². The van der Waals surface area contributed by atoms with Gasteiger partial charge in [0.1, 0.15) is 0 Å². The van der Waals surface area contributed by atoms with E-state index in [9.17, 15) is 0 Å². The first kappa shape index (κ1) is 38.5. The molecule has 45 heavy (non-hydrogen) atoms. The van der Waals surface area contributed by atoms with Crippen molar-refractivity contribution in [3.63, 3.8) is 0 Å². The van der Waals surface area contributed by atoms with E-state index < -0.39 is 0 Å². The van der Waals surface area contributed by atoms with Crippen molar-refractivity contribution >= 4 is 11.4 Å². The van der Waals surface area contributed by atoms with Gasteiger partial charge in [-0.15, -0.1) is 0 Å². The van der Waals surface area contributed by atoms with Gasteiger partial charge in [-0.1, -0.05) is 141 Å². The first-order valence-corrected chi connectivity index (χ1v) is 16.2. The highest BCUT2D eigenvalue weighted by atomic mass is 14.9. The first-order valence-electron chi connectivity index (χ1n) is 16.2. The number of hydrogen-bond donors (Lipinski definition) is 2. The smallest absolute Gasteiger partial charge is 0.0420 e. The molecule has 2 N–H and O–H groups in total. The Morgan fingerprint density at radius 2 is 1.49 bits per heavy atom. The molecule has 3 rings (SSSR count). The maximum absolute atomic E-state index is 4.07. The Balaban J connectivity index is 0.000000426. The molecule has 0 saturated carbocycles. The molecule has 0 spiro atoms. The van der Waals surface area contributed by atoms with Gasteiger partial charge < -0.3 is 10.6 Å². The van der Waals surface area contributed by atoms with Gasteiger partial charge in [0, 0.05) is 22.8 Å². The number of hydrogen-bond acceptors (Lipinski definition) is 2. The fraction of sp³-hybridized carbons (Fsp3) is 0.256. The molecular formula is C43H56N2. The molecule has 0 aromatic heterocycles. The van der Waals surface area contributed by atoms with Crippen molar-refractivity contribution in [3.8, 4) is 0 Å². The van der Waals surface area contributed by atoms with E-state index >= 15 is 0 Å². The summed E-state index contributed by atoms with van der Waals surface area (Å²) in [4.78, 5) is 0. The molecule has 0 aliphatic rings. The highest BCUT2D eigenvalue weighted by molar-refractivity contribution is 5.63. The Labute approximate surface area is 275 Å². The molecule has 0 bridgehead atoms. The second kappa shape index (κ2) is 24.8. The van der Waals surface area contributed by atoms with Crippen molar-refractivity contribution in [2.45, 2.75) is 73.6 Å². The van der Waals surface area contributed by atoms with Gasteiger partial charge in [-0.2, -0.15) is 0 Å². The summed E-state index contributed by atoms with van der Waals surface area (Å²) in [7, 11) is 0. The second-order valence-corrected chi connectivity index (χ2v) is 10.5. The highest BCUT2D eigenvalue weighted by Gasteiger charge is 2.04. The third kappa shape index (κ3) is 18.0. The third-order valence-electron chi connectivity index (χ3n) is 6.57. The fourth-order valence-electron chi connectivity index (χ4n) is 4.38. The minimum atomic E-state index is 0.940. The van der Waals surface area contributed by atoms with Crippen LogP contribution in [0.4, 0.5) is 11.4 Å². The largest absolute Gasteiger partial charge is 0.359 e. The molecule has 0 aliphatic carbocycles. The maximum atomic E-state index is 4.07. The minimum Gasteiger partial charge on any atom is -0.359 e. The van der Waals surface area contributed by atoms with Crippen LogP contribution in [0.3, 0.4) is 0 Å². The van der Waals surface area contributed by atoms with Crippen molar-refractivity contribution in [1.82, 2.24) is 5.32 Å². The molecule has 238 valence electrons. The van der Waals surface area contributed by atoms with Gasteiger partial charge in [0.25, 0.3) is 0 Å². The van der Waals surface area contributed by atoms with E-state index in [2.05, 4.69) is 129 Å². The van der Waals surface area contributed by atoms with Crippen LogP contribution in [0.1, 0.15) is 77.0 Å². The van der Waals surface area contributed by atoms with Gasteiger partial charge in [0.15, 0.2) is 0 Å². The van der Waals surface area contributed by atoms with E-state index in [1.165, 1.54) is 28.0 Å². The Hall–Kier alpha value is -4.56. The van der Waals surface area contributed by atoms with E-state index in [0.29, 0.717) is 0 Å². The molecule has 0 aliphatic heterocycles. The van der Waals surface area contributed by atoms with Crippen molar-refractivity contribution in [1.29, 1.82) is 0 Å². The van der Waals surface area contributed by atoms with Gasteiger partial charge in [-0.3, -0.25) is 0 Å². The Bertz CT molecular complexity index is 1400. The van der Waals surface area contributed by atoms with Crippen LogP contribution < -0.4 is 10.6 Å². The highest BCUT2D eigenvalue weighted by Crippen LogP contribution is 2.23. The predicted octanol–water partition coefficient (Wildman–Crippen LogP) is 12.7. The zero-order chi connectivity index (χ0) is 33.1. The Kier molecular flexibility index (Phi) is 21.2. The quantitative estimate of drug-likeness (QED) is 0.134. The number of para-hydroxylation sites is 2. The predicted molar refractivity (Wildman–Crippen MR) is 203 cm³/mol. The molecule has 0 fully saturated rings. The molecule has 0 heterocycles. The summed E-state index contributed by atoms with van der Waals surface area (Å²) in [5.41, 5.74) is 9.72. The SMILES string of the molecule is C=C/C=C(\C=C/C)NC(=C)CC/C=C\CC/C(C)=C/C=C\C.CC.Cc1cccc(Cc2ccccc2Nc2ccccc2)c1. The molecular weight excluding hydrogens is 544 g/mol. The molecule has 3 aromatic carbocycles. The van der Waals surface area contributed by atoms with Crippen LogP contribution >= 0.6 is 0 Å². The molecule has 2 nitrogen and oxygen atoms in total. The average Bonchev–Trinajstić information content (AvgIpc) is 3.05. The summed E-state index contributed by atoms with van der Waals surface area (Å²) in [6.45, 7) is 20.1. The second-order valence-electron chi connectivity index (χ2n) is 10.5. The number of nitrogens with one attached hydrogen (secondary N) is 2. The fourth-order valence-corrected chi connectivity index (χ4v) is 4.38. The van der Waals surface area contributed by atoms with Crippen molar-refractivity contribution in [3.05, 3.63) is 180 Å². The maximum Gasteiger partial charge on any atom is 0.0420 e. The summed E-state index contributed by atoms with van der Waals surface area (Å²) in [5.74, 6) is 0. The van der Waals surface area contributed by atoms with E-state index in [1.54, 1.807) is 6.08 Å². The van der Waals surface area contributed by atoms with Crippen LogP contribution in [0, 0.1) is 6.92 Å². The van der Waals surface area contributed by atoms with Gasteiger partial charge >= 0.3 is 0 Å².